The van der Waals surface area contributed by atoms with E-state index in [2.05, 4.69) is 46.4 Å². The van der Waals surface area contributed by atoms with Crippen molar-refractivity contribution in [1.82, 2.24) is 10.3 Å². The number of H-pyrrole nitrogens is 1. The van der Waals surface area contributed by atoms with E-state index in [1.807, 2.05) is 61.5 Å². The predicted molar refractivity (Wildman–Crippen MR) is 233 cm³/mol. The standard InChI is InChI=1S/C35H51N2O6P.C5H9N.CH4FO2P.CH5N/c1-2-3-4-5-6-7-8-9-10-11-12-13-14-15-16-21-34(38)36-31(28-42-44(39,40)41)26-29-22-24-32(25-23-29)43-35-27-30-19-17-18-20-33(30)37-35;1-3-4-5(2)6;1-5(3)4-2;1-2/h9-10,17-20,22-25,27,31,37H,2-8,11-16,21,26,28H2,1H3,(H,36,38)(H2,39,40,41);3-4H,1,6H2,2H3;3H,1H3;2H2,1H3/b10-9-;5-4+;;. The molecule has 12 nitrogen and oxygen atoms in total. The lowest BCUT2D eigenvalue weighted by atomic mass is 10.1. The zero-order valence-electron chi connectivity index (χ0n) is 34.4. The number of allylic oxidation sites excluding steroid dienone is 5. The highest BCUT2D eigenvalue weighted by Crippen LogP contribution is 2.36. The van der Waals surface area contributed by atoms with Crippen molar-refractivity contribution in [1.29, 1.82) is 0 Å². The first kappa shape index (κ1) is 53.6. The molecule has 1 aromatic heterocycles. The molecule has 0 radical (unpaired) electrons. The van der Waals surface area contributed by atoms with E-state index in [-0.39, 0.29) is 12.5 Å². The summed E-state index contributed by atoms with van der Waals surface area (Å²) in [6.45, 7) is 8.48. The fraction of sp³-hybridized carbons (Fsp3) is 0.500. The second-order valence-electron chi connectivity index (χ2n) is 13.2. The highest BCUT2D eigenvalue weighted by Gasteiger charge is 2.20. The summed E-state index contributed by atoms with van der Waals surface area (Å²) in [4.78, 5) is 42.1. The van der Waals surface area contributed by atoms with E-state index in [1.165, 1.54) is 65.1 Å². The van der Waals surface area contributed by atoms with Gasteiger partial charge in [0.15, 0.2) is 5.88 Å². The van der Waals surface area contributed by atoms with Crippen molar-refractivity contribution in [3.63, 3.8) is 0 Å². The van der Waals surface area contributed by atoms with Crippen LogP contribution < -0.4 is 21.5 Å². The topological polar surface area (TPSA) is 202 Å². The van der Waals surface area contributed by atoms with E-state index >= 15 is 0 Å². The number of phosphoric acid groups is 1. The number of rotatable bonds is 25. The molecule has 0 aliphatic carbocycles. The molecule has 15 heteroatoms. The van der Waals surface area contributed by atoms with Crippen LogP contribution in [-0.2, 0) is 25.0 Å². The first-order chi connectivity index (χ1) is 27.4. The third-order valence-corrected chi connectivity index (χ3v) is 8.78. The summed E-state index contributed by atoms with van der Waals surface area (Å²) in [6.07, 6.45) is 24.3. The first-order valence-electron chi connectivity index (χ1n) is 19.7. The summed E-state index contributed by atoms with van der Waals surface area (Å²) < 4.78 is 35.3. The van der Waals surface area contributed by atoms with E-state index < -0.39 is 22.2 Å². The number of ether oxygens (including phenoxy) is 1. The van der Waals surface area contributed by atoms with E-state index in [4.69, 9.17) is 19.9 Å². The third-order valence-electron chi connectivity index (χ3n) is 8.09. The first-order valence-corrected chi connectivity index (χ1v) is 22.9. The lowest BCUT2D eigenvalue weighted by Crippen LogP contribution is -2.39. The second kappa shape index (κ2) is 34.6. The Balaban J connectivity index is 0.00000209. The van der Waals surface area contributed by atoms with E-state index in [0.29, 0.717) is 24.5 Å². The van der Waals surface area contributed by atoms with Crippen molar-refractivity contribution < 1.29 is 42.6 Å². The van der Waals surface area contributed by atoms with Crippen molar-refractivity contribution in [2.45, 2.75) is 116 Å². The van der Waals surface area contributed by atoms with Crippen LogP contribution in [0.4, 0.5) is 4.53 Å². The van der Waals surface area contributed by atoms with Crippen LogP contribution in [-0.4, -0.2) is 51.9 Å². The molecule has 1 heterocycles. The molecule has 0 aliphatic heterocycles. The summed E-state index contributed by atoms with van der Waals surface area (Å²) in [5.41, 5.74) is 12.4. The smallest absolute Gasteiger partial charge is 0.441 e. The fourth-order valence-corrected chi connectivity index (χ4v) is 5.76. The Labute approximate surface area is 341 Å². The predicted octanol–water partition coefficient (Wildman–Crippen LogP) is 10.6. The van der Waals surface area contributed by atoms with E-state index in [0.717, 1.165) is 54.3 Å². The van der Waals surface area contributed by atoms with Gasteiger partial charge in [0.25, 0.3) is 0 Å². The maximum absolute atomic E-state index is 12.6. The van der Waals surface area contributed by atoms with Crippen molar-refractivity contribution in [3.8, 4) is 11.6 Å². The maximum Gasteiger partial charge on any atom is 0.469 e. The molecular weight excluding hydrogens is 769 g/mol. The number of aromatic nitrogens is 1. The molecule has 0 saturated heterocycles. The van der Waals surface area contributed by atoms with Gasteiger partial charge in [0.2, 0.25) is 14.3 Å². The summed E-state index contributed by atoms with van der Waals surface area (Å²) >= 11 is 0. The van der Waals surface area contributed by atoms with Crippen LogP contribution in [0.15, 0.2) is 91.2 Å². The zero-order valence-corrected chi connectivity index (χ0v) is 36.2. The summed E-state index contributed by atoms with van der Waals surface area (Å²) in [6, 6.07) is 16.7. The molecule has 2 aromatic carbocycles. The van der Waals surface area contributed by atoms with Crippen LogP contribution in [0.25, 0.3) is 10.9 Å². The highest BCUT2D eigenvalue weighted by atomic mass is 31.2. The minimum absolute atomic E-state index is 0.138. The minimum atomic E-state index is -4.66. The number of phosphoric ester groups is 1. The van der Waals surface area contributed by atoms with Crippen molar-refractivity contribution >= 4 is 33.0 Å². The summed E-state index contributed by atoms with van der Waals surface area (Å²) in [5.74, 6) is 1.15. The fourth-order valence-electron chi connectivity index (χ4n) is 5.39. The zero-order chi connectivity index (χ0) is 42.7. The van der Waals surface area contributed by atoms with Gasteiger partial charge in [-0.3, -0.25) is 9.32 Å². The Morgan fingerprint density at radius 1 is 0.965 bits per heavy atom. The maximum atomic E-state index is 12.6. The van der Waals surface area contributed by atoms with Gasteiger partial charge in [-0.25, -0.2) is 4.57 Å². The van der Waals surface area contributed by atoms with Gasteiger partial charge in [0, 0.05) is 35.8 Å². The SMILES string of the molecule is C=C/C=C(\C)N.CCCCCCCC/C=C\CCCCCCCC(=O)NC(COP(=O)(O)O)Cc1ccc(Oc2cc3ccccc3[nH]2)cc1.CN.CP(O)OF. The number of amides is 1. The third kappa shape index (κ3) is 31.3. The molecule has 0 bridgehead atoms. The van der Waals surface area contributed by atoms with Crippen molar-refractivity contribution in [3.05, 3.63) is 96.7 Å². The van der Waals surface area contributed by atoms with Crippen LogP contribution in [0.1, 0.15) is 109 Å². The Morgan fingerprint density at radius 3 is 2.04 bits per heavy atom. The molecule has 2 unspecified atom stereocenters. The normalized spacial score (nSPS) is 12.3. The number of aromatic amines is 1. The number of carbonyl (C=O) groups excluding carboxylic acids is 1. The van der Waals surface area contributed by atoms with E-state index in [9.17, 15) is 23.7 Å². The quantitative estimate of drug-likeness (QED) is 0.0186. The minimum Gasteiger partial charge on any atom is -0.441 e. The molecule has 0 fully saturated rings. The van der Waals surface area contributed by atoms with Crippen molar-refractivity contribution in [2.24, 2.45) is 11.5 Å². The highest BCUT2D eigenvalue weighted by molar-refractivity contribution is 7.46. The summed E-state index contributed by atoms with van der Waals surface area (Å²) in [5, 5.41) is 3.96. The number of carbonyl (C=O) groups is 1. The van der Waals surface area contributed by atoms with E-state index in [1.54, 1.807) is 12.2 Å². The van der Waals surface area contributed by atoms with Gasteiger partial charge in [0.1, 0.15) is 5.75 Å². The molecule has 9 N–H and O–H groups in total. The Hall–Kier alpha value is -3.38. The number of para-hydroxylation sites is 1. The van der Waals surface area contributed by atoms with Gasteiger partial charge in [0.05, 0.1) is 12.6 Å². The number of nitrogens with two attached hydrogens (primary N) is 2. The Kier molecular flexibility index (Phi) is 32.6. The largest absolute Gasteiger partial charge is 0.469 e. The average molecular weight is 839 g/mol. The van der Waals surface area contributed by atoms with Gasteiger partial charge in [-0.15, -0.1) is 4.73 Å². The molecule has 3 rings (SSSR count). The molecule has 1 amide bonds. The molecule has 57 heavy (non-hydrogen) atoms. The average Bonchev–Trinajstić information content (AvgIpc) is 3.59. The Morgan fingerprint density at radius 2 is 1.53 bits per heavy atom. The molecule has 0 aliphatic rings. The van der Waals surface area contributed by atoms with Crippen LogP contribution in [0, 0.1) is 0 Å². The monoisotopic (exact) mass is 838 g/mol. The molecular formula is C42H69FN4O8P2. The lowest BCUT2D eigenvalue weighted by Gasteiger charge is -2.19. The number of fused-ring (bicyclic) bond motifs is 1. The van der Waals surface area contributed by atoms with Gasteiger partial charge < -0.3 is 41.2 Å². The number of nitrogens with one attached hydrogen (secondary N) is 2. The van der Waals surface area contributed by atoms with Crippen molar-refractivity contribution in [2.75, 3.05) is 20.3 Å². The molecule has 0 spiro atoms. The number of benzene rings is 2. The molecule has 3 aromatic rings. The van der Waals surface area contributed by atoms with Gasteiger partial charge >= 0.3 is 7.82 Å². The number of hydrogen-bond donors (Lipinski definition) is 7. The molecule has 2 atom stereocenters. The number of hydrogen-bond acceptors (Lipinski definition) is 8. The van der Waals surface area contributed by atoms with Gasteiger partial charge in [-0.1, -0.05) is 113 Å². The van der Waals surface area contributed by atoms with Gasteiger partial charge in [-0.05, 0) is 86.9 Å². The van der Waals surface area contributed by atoms with Crippen LogP contribution >= 0.6 is 16.2 Å². The molecule has 322 valence electrons. The Bertz CT molecular complexity index is 1530. The summed E-state index contributed by atoms with van der Waals surface area (Å²) in [7, 11) is -4.93. The number of halogens is 1. The van der Waals surface area contributed by atoms with Crippen LogP contribution in [0.5, 0.6) is 11.6 Å². The number of unbranched alkanes of at least 4 members (excludes halogenated alkanes) is 11. The van der Waals surface area contributed by atoms with Gasteiger partial charge in [-0.2, -0.15) is 0 Å². The second-order valence-corrected chi connectivity index (χ2v) is 15.5. The molecule has 0 saturated carbocycles. The van der Waals surface area contributed by atoms with Crippen LogP contribution in [0.2, 0.25) is 0 Å². The van der Waals surface area contributed by atoms with Crippen LogP contribution in [0.3, 0.4) is 0 Å². The lowest BCUT2D eigenvalue weighted by molar-refractivity contribution is -0.122.